The lowest BCUT2D eigenvalue weighted by Gasteiger charge is -2.30. The van der Waals surface area contributed by atoms with Crippen molar-refractivity contribution in [3.05, 3.63) is 69.9 Å². The fourth-order valence-electron chi connectivity index (χ4n) is 3.96. The van der Waals surface area contributed by atoms with Crippen molar-refractivity contribution in [3.8, 4) is 5.69 Å². The maximum absolute atomic E-state index is 14.9. The molecule has 6 nitrogen and oxygen atoms in total. The average Bonchev–Trinajstić information content (AvgIpc) is 3.05. The molecule has 2 aromatic heterocycles. The molecular weight excluding hydrogens is 401 g/mol. The van der Waals surface area contributed by atoms with Crippen LogP contribution in [0.4, 0.5) is 4.39 Å². The zero-order chi connectivity index (χ0) is 21.0. The molecule has 0 radical (unpaired) electrons. The van der Waals surface area contributed by atoms with Gasteiger partial charge in [0.05, 0.1) is 22.0 Å². The Morgan fingerprint density at radius 3 is 2.87 bits per heavy atom. The molecule has 0 saturated carbocycles. The second-order valence-electron chi connectivity index (χ2n) is 7.81. The van der Waals surface area contributed by atoms with E-state index in [4.69, 9.17) is 5.73 Å². The molecule has 5 rings (SSSR count). The van der Waals surface area contributed by atoms with Crippen molar-refractivity contribution < 1.29 is 4.39 Å². The Kier molecular flexibility index (Phi) is 4.21. The summed E-state index contributed by atoms with van der Waals surface area (Å²) in [5.41, 5.74) is 8.47. The van der Waals surface area contributed by atoms with Crippen LogP contribution in [0.25, 0.3) is 27.5 Å². The summed E-state index contributed by atoms with van der Waals surface area (Å²) in [7, 11) is 0. The maximum Gasteiger partial charge on any atom is 0.280 e. The molecule has 1 atom stereocenters. The Morgan fingerprint density at radius 2 is 2.07 bits per heavy atom. The highest BCUT2D eigenvalue weighted by Gasteiger charge is 2.30. The predicted molar refractivity (Wildman–Crippen MR) is 120 cm³/mol. The number of fused-ring (bicyclic) bond motifs is 3. The smallest absolute Gasteiger partial charge is 0.280 e. The number of amidine groups is 1. The molecule has 3 N–H and O–H groups in total. The number of thioether (sulfide) groups is 1. The molecule has 8 heteroatoms. The van der Waals surface area contributed by atoms with E-state index in [0.717, 1.165) is 34.2 Å². The molecule has 0 bridgehead atoms. The number of aromatic nitrogens is 3. The highest BCUT2D eigenvalue weighted by atomic mass is 32.2. The molecule has 0 aliphatic carbocycles. The fourth-order valence-corrected chi connectivity index (χ4v) is 4.93. The first-order valence-electron chi connectivity index (χ1n) is 9.64. The summed E-state index contributed by atoms with van der Waals surface area (Å²) in [5, 5.41) is 4.87. The minimum atomic E-state index is -0.557. The number of aryl methyl sites for hydroxylation is 1. The minimum absolute atomic E-state index is 0.155. The molecule has 0 saturated heterocycles. The second kappa shape index (κ2) is 6.70. The monoisotopic (exact) mass is 421 g/mol. The van der Waals surface area contributed by atoms with E-state index >= 15 is 0 Å². The van der Waals surface area contributed by atoms with Crippen LogP contribution in [0.1, 0.15) is 24.5 Å². The molecular formula is C22H20FN5OS. The molecule has 3 heterocycles. The van der Waals surface area contributed by atoms with E-state index in [1.807, 2.05) is 32.0 Å². The van der Waals surface area contributed by atoms with Crippen LogP contribution in [0.15, 0.2) is 52.4 Å². The van der Waals surface area contributed by atoms with Gasteiger partial charge in [-0.3, -0.25) is 19.9 Å². The molecule has 1 aliphatic heterocycles. The van der Waals surface area contributed by atoms with Crippen LogP contribution in [0.2, 0.25) is 0 Å². The lowest BCUT2D eigenvalue weighted by atomic mass is 9.89. The van der Waals surface area contributed by atoms with Gasteiger partial charge in [0.1, 0.15) is 11.5 Å². The molecule has 152 valence electrons. The molecule has 0 spiro atoms. The number of hydrogen-bond donors (Lipinski definition) is 2. The third kappa shape index (κ3) is 2.90. The second-order valence-corrected chi connectivity index (χ2v) is 8.92. The quantitative estimate of drug-likeness (QED) is 0.512. The van der Waals surface area contributed by atoms with Gasteiger partial charge >= 0.3 is 0 Å². The zero-order valence-corrected chi connectivity index (χ0v) is 17.4. The number of nitrogens with two attached hydrogens (primary N) is 1. The van der Waals surface area contributed by atoms with Gasteiger partial charge in [-0.15, -0.1) is 0 Å². The maximum atomic E-state index is 14.9. The van der Waals surface area contributed by atoms with Crippen LogP contribution in [0, 0.1) is 12.7 Å². The first-order valence-corrected chi connectivity index (χ1v) is 10.6. The van der Waals surface area contributed by atoms with E-state index in [9.17, 15) is 9.18 Å². The van der Waals surface area contributed by atoms with Crippen molar-refractivity contribution >= 4 is 38.7 Å². The van der Waals surface area contributed by atoms with Crippen molar-refractivity contribution in [1.29, 1.82) is 0 Å². The molecule has 1 unspecified atom stereocenters. The van der Waals surface area contributed by atoms with Crippen LogP contribution in [-0.2, 0) is 5.54 Å². The van der Waals surface area contributed by atoms with Crippen molar-refractivity contribution in [3.63, 3.8) is 0 Å². The van der Waals surface area contributed by atoms with Gasteiger partial charge in [0.15, 0.2) is 5.17 Å². The Balaban J connectivity index is 1.74. The molecule has 2 aromatic carbocycles. The molecule has 0 fully saturated rings. The molecule has 30 heavy (non-hydrogen) atoms. The van der Waals surface area contributed by atoms with E-state index in [1.165, 1.54) is 28.7 Å². The summed E-state index contributed by atoms with van der Waals surface area (Å²) in [5.74, 6) is 0.341. The third-order valence-corrected chi connectivity index (χ3v) is 6.48. The Morgan fingerprint density at radius 1 is 1.23 bits per heavy atom. The standard InChI is InChI=1S/C22H20FN5OS/c1-12-3-6-17-14(9-12)19-15(11-25-17)20(29)28(27-19)18-10-13(4-5-16(18)23)22(2)7-8-30-21(24)26-22/h3-6,9-11,27H,7-8H2,1-2H3,(H2,24,26). The number of benzene rings is 2. The third-order valence-electron chi connectivity index (χ3n) is 5.69. The van der Waals surface area contributed by atoms with Crippen LogP contribution in [-0.4, -0.2) is 25.7 Å². The van der Waals surface area contributed by atoms with Crippen molar-refractivity contribution in [1.82, 2.24) is 14.8 Å². The first kappa shape index (κ1) is 18.9. The topological polar surface area (TPSA) is 89.1 Å². The number of hydrogen-bond acceptors (Lipinski definition) is 5. The van der Waals surface area contributed by atoms with Gasteiger partial charge in [0.2, 0.25) is 0 Å². The Hall–Kier alpha value is -3.13. The highest BCUT2D eigenvalue weighted by Crippen LogP contribution is 2.36. The summed E-state index contributed by atoms with van der Waals surface area (Å²) in [4.78, 5) is 22.1. The Bertz CT molecular complexity index is 1410. The first-order chi connectivity index (χ1) is 14.4. The van der Waals surface area contributed by atoms with E-state index in [-0.39, 0.29) is 11.2 Å². The van der Waals surface area contributed by atoms with Gasteiger partial charge in [-0.05, 0) is 50.1 Å². The number of aliphatic imine (C=N–C) groups is 1. The van der Waals surface area contributed by atoms with Gasteiger partial charge in [-0.1, -0.05) is 29.5 Å². The Labute approximate surface area is 176 Å². The van der Waals surface area contributed by atoms with Gasteiger partial charge < -0.3 is 5.73 Å². The number of nitrogens with zero attached hydrogens (tertiary/aromatic N) is 3. The van der Waals surface area contributed by atoms with Crippen molar-refractivity contribution in [2.75, 3.05) is 5.75 Å². The highest BCUT2D eigenvalue weighted by molar-refractivity contribution is 8.13. The summed E-state index contributed by atoms with van der Waals surface area (Å²) in [6, 6.07) is 10.6. The predicted octanol–water partition coefficient (Wildman–Crippen LogP) is 3.98. The van der Waals surface area contributed by atoms with Crippen molar-refractivity contribution in [2.45, 2.75) is 25.8 Å². The van der Waals surface area contributed by atoms with Gasteiger partial charge in [-0.2, -0.15) is 0 Å². The summed E-state index contributed by atoms with van der Waals surface area (Å²) < 4.78 is 16.1. The molecule has 0 amide bonds. The van der Waals surface area contributed by atoms with Gasteiger partial charge in [-0.25, -0.2) is 9.07 Å². The normalized spacial score (nSPS) is 19.4. The number of rotatable bonds is 2. The number of aromatic amines is 1. The summed E-state index contributed by atoms with van der Waals surface area (Å²) in [6.07, 6.45) is 2.31. The van der Waals surface area contributed by atoms with Crippen LogP contribution >= 0.6 is 11.8 Å². The fraction of sp³-hybridized carbons (Fsp3) is 0.227. The number of nitrogens with one attached hydrogen (secondary N) is 1. The van der Waals surface area contributed by atoms with Gasteiger partial charge in [0.25, 0.3) is 5.56 Å². The van der Waals surface area contributed by atoms with Gasteiger partial charge in [0, 0.05) is 17.3 Å². The van der Waals surface area contributed by atoms with E-state index in [1.54, 1.807) is 12.1 Å². The average molecular weight is 422 g/mol. The molecule has 1 aliphatic rings. The van der Waals surface area contributed by atoms with E-state index in [2.05, 4.69) is 15.1 Å². The van der Waals surface area contributed by atoms with E-state index < -0.39 is 11.4 Å². The summed E-state index contributed by atoms with van der Waals surface area (Å²) in [6.45, 7) is 3.96. The molecule has 4 aromatic rings. The number of pyridine rings is 1. The zero-order valence-electron chi connectivity index (χ0n) is 16.6. The van der Waals surface area contributed by atoms with Crippen molar-refractivity contribution in [2.24, 2.45) is 10.7 Å². The van der Waals surface area contributed by atoms with Crippen LogP contribution in [0.3, 0.4) is 0 Å². The number of halogens is 1. The van der Waals surface area contributed by atoms with E-state index in [0.29, 0.717) is 16.1 Å². The summed E-state index contributed by atoms with van der Waals surface area (Å²) >= 11 is 1.51. The SMILES string of the molecule is Cc1ccc2ncc3c(=O)n(-c4cc(C5(C)CCSC(N)=N5)ccc4F)[nH]c3c2c1. The minimum Gasteiger partial charge on any atom is -0.379 e. The van der Waals surface area contributed by atoms with Crippen LogP contribution < -0.4 is 11.3 Å². The van der Waals surface area contributed by atoms with Crippen LogP contribution in [0.5, 0.6) is 0 Å². The lowest BCUT2D eigenvalue weighted by molar-refractivity contribution is 0.479. The lowest BCUT2D eigenvalue weighted by Crippen LogP contribution is -2.29. The number of H-pyrrole nitrogens is 1. The largest absolute Gasteiger partial charge is 0.379 e.